The minimum Gasteiger partial charge on any atom is -0.396 e. The van der Waals surface area contributed by atoms with Gasteiger partial charge in [-0.25, -0.2) is 0 Å². The molecule has 0 aliphatic carbocycles. The third-order valence-corrected chi connectivity index (χ3v) is 3.54. The molecule has 0 saturated carbocycles. The van der Waals surface area contributed by atoms with E-state index in [4.69, 9.17) is 4.74 Å². The van der Waals surface area contributed by atoms with Crippen molar-refractivity contribution >= 4 is 0 Å². The zero-order chi connectivity index (χ0) is 9.69. The smallest absolute Gasteiger partial charge is 0.0902 e. The normalized spacial score (nSPS) is 53.2. The van der Waals surface area contributed by atoms with Crippen molar-refractivity contribution < 1.29 is 14.9 Å². The number of hydrogen-bond donors (Lipinski definition) is 2. The number of ether oxygens (including phenoxy) is 1. The maximum atomic E-state index is 9.24. The molecule has 2 heterocycles. The quantitative estimate of drug-likeness (QED) is 0.608. The lowest BCUT2D eigenvalue weighted by Crippen LogP contribution is -2.39. The lowest BCUT2D eigenvalue weighted by atomic mass is 9.72. The van der Waals surface area contributed by atoms with E-state index < -0.39 is 0 Å². The minimum atomic E-state index is -0.378. The van der Waals surface area contributed by atoms with Crippen molar-refractivity contribution in [3.8, 4) is 0 Å². The van der Waals surface area contributed by atoms with Crippen LogP contribution in [0, 0.1) is 11.8 Å². The van der Waals surface area contributed by atoms with E-state index in [1.54, 1.807) is 0 Å². The van der Waals surface area contributed by atoms with Gasteiger partial charge in [-0.3, -0.25) is 0 Å². The second kappa shape index (κ2) is 2.56. The van der Waals surface area contributed by atoms with E-state index in [0.717, 1.165) is 0 Å². The van der Waals surface area contributed by atoms with E-state index in [1.165, 1.54) is 0 Å². The molecule has 0 aromatic heterocycles. The van der Waals surface area contributed by atoms with Gasteiger partial charge in [-0.2, -0.15) is 0 Å². The van der Waals surface area contributed by atoms with Crippen molar-refractivity contribution in [2.75, 3.05) is 13.2 Å². The molecule has 2 rings (SSSR count). The van der Waals surface area contributed by atoms with Crippen LogP contribution in [-0.2, 0) is 4.74 Å². The topological polar surface area (TPSA) is 49.7 Å². The largest absolute Gasteiger partial charge is 0.396 e. The van der Waals surface area contributed by atoms with Gasteiger partial charge in [0.25, 0.3) is 0 Å². The van der Waals surface area contributed by atoms with E-state index in [9.17, 15) is 10.2 Å². The molecular weight excluding hydrogens is 168 g/mol. The fraction of sp³-hybridized carbons (Fsp3) is 0.800. The van der Waals surface area contributed by atoms with Gasteiger partial charge in [0.05, 0.1) is 11.2 Å². The number of fused-ring (bicyclic) bond motifs is 2. The molecular formula is C10H16O3. The summed E-state index contributed by atoms with van der Waals surface area (Å²) in [5.74, 6) is 0.0417. The van der Waals surface area contributed by atoms with Gasteiger partial charge in [0.1, 0.15) is 0 Å². The molecule has 13 heavy (non-hydrogen) atoms. The molecule has 2 aliphatic rings. The summed E-state index contributed by atoms with van der Waals surface area (Å²) in [5, 5.41) is 18.5. The predicted molar refractivity (Wildman–Crippen MR) is 48.2 cm³/mol. The van der Waals surface area contributed by atoms with Crippen molar-refractivity contribution in [1.82, 2.24) is 0 Å². The van der Waals surface area contributed by atoms with Crippen LogP contribution in [0.4, 0.5) is 0 Å². The summed E-state index contributed by atoms with van der Waals surface area (Å²) in [6.45, 7) is 4.07. The summed E-state index contributed by atoms with van der Waals surface area (Å²) >= 11 is 0. The fourth-order valence-corrected chi connectivity index (χ4v) is 2.69. The van der Waals surface area contributed by atoms with Crippen LogP contribution in [0.25, 0.3) is 0 Å². The Balaban J connectivity index is 2.36. The molecule has 0 aromatic carbocycles. The molecule has 4 unspecified atom stereocenters. The van der Waals surface area contributed by atoms with Crippen LogP contribution in [0.1, 0.15) is 13.8 Å². The van der Waals surface area contributed by atoms with Gasteiger partial charge in [-0.1, -0.05) is 12.2 Å². The van der Waals surface area contributed by atoms with Gasteiger partial charge >= 0.3 is 0 Å². The predicted octanol–water partition coefficient (Wildman–Crippen LogP) is 0.321. The Kier molecular flexibility index (Phi) is 1.81. The van der Waals surface area contributed by atoms with Gasteiger partial charge in [0.15, 0.2) is 0 Å². The molecule has 4 atom stereocenters. The van der Waals surface area contributed by atoms with Gasteiger partial charge in [-0.05, 0) is 13.8 Å². The summed E-state index contributed by atoms with van der Waals surface area (Å²) in [4.78, 5) is 0. The second-order valence-corrected chi connectivity index (χ2v) is 4.38. The lowest BCUT2D eigenvalue weighted by molar-refractivity contribution is -0.0334. The molecule has 0 radical (unpaired) electrons. The first-order valence-electron chi connectivity index (χ1n) is 4.68. The molecule has 0 spiro atoms. The molecule has 0 aromatic rings. The van der Waals surface area contributed by atoms with E-state index in [1.807, 2.05) is 26.0 Å². The van der Waals surface area contributed by atoms with E-state index in [2.05, 4.69) is 0 Å². The maximum Gasteiger partial charge on any atom is 0.0902 e. The van der Waals surface area contributed by atoms with Gasteiger partial charge < -0.3 is 14.9 Å². The molecule has 2 N–H and O–H groups in total. The summed E-state index contributed by atoms with van der Waals surface area (Å²) in [7, 11) is 0. The fourth-order valence-electron chi connectivity index (χ4n) is 2.69. The highest BCUT2D eigenvalue weighted by Crippen LogP contribution is 2.52. The zero-order valence-electron chi connectivity index (χ0n) is 8.03. The average Bonchev–Trinajstić information content (AvgIpc) is 2.49. The van der Waals surface area contributed by atoms with Crippen molar-refractivity contribution in [1.29, 1.82) is 0 Å². The third-order valence-electron chi connectivity index (χ3n) is 3.54. The standard InChI is InChI=1S/C10H16O3/c1-9-3-4-10(2,13-9)8(6-12)7(9)5-11/h3-4,7-8,11-12H,5-6H2,1-2H3. The van der Waals surface area contributed by atoms with Gasteiger partial charge in [-0.15, -0.1) is 0 Å². The summed E-state index contributed by atoms with van der Waals surface area (Å²) in [6.07, 6.45) is 4.00. The number of aliphatic hydroxyl groups excluding tert-OH is 2. The van der Waals surface area contributed by atoms with Crippen LogP contribution in [-0.4, -0.2) is 34.6 Å². The summed E-state index contributed by atoms with van der Waals surface area (Å²) in [5.41, 5.74) is -0.756. The highest BCUT2D eigenvalue weighted by atomic mass is 16.5. The first-order valence-corrected chi connectivity index (χ1v) is 4.68. The Morgan fingerprint density at radius 3 is 1.77 bits per heavy atom. The Morgan fingerprint density at radius 2 is 1.46 bits per heavy atom. The van der Waals surface area contributed by atoms with E-state index in [-0.39, 0.29) is 36.3 Å². The highest BCUT2D eigenvalue weighted by Gasteiger charge is 2.59. The van der Waals surface area contributed by atoms with Crippen LogP contribution in [0.5, 0.6) is 0 Å². The number of aliphatic hydroxyl groups is 2. The highest BCUT2D eigenvalue weighted by molar-refractivity contribution is 5.26. The van der Waals surface area contributed by atoms with Crippen LogP contribution >= 0.6 is 0 Å². The van der Waals surface area contributed by atoms with Gasteiger partial charge in [0.2, 0.25) is 0 Å². The number of hydrogen-bond acceptors (Lipinski definition) is 3. The SMILES string of the molecule is CC12C=CC(C)(O1)C(CO)C2CO. The Morgan fingerprint density at radius 1 is 1.08 bits per heavy atom. The van der Waals surface area contributed by atoms with Crippen molar-refractivity contribution in [2.24, 2.45) is 11.8 Å². The summed E-state index contributed by atoms with van der Waals surface area (Å²) < 4.78 is 5.82. The molecule has 1 fully saturated rings. The van der Waals surface area contributed by atoms with Crippen LogP contribution in [0.15, 0.2) is 12.2 Å². The molecule has 0 amide bonds. The van der Waals surface area contributed by atoms with Crippen LogP contribution in [0.3, 0.4) is 0 Å². The van der Waals surface area contributed by atoms with E-state index in [0.29, 0.717) is 0 Å². The van der Waals surface area contributed by atoms with Gasteiger partial charge in [0, 0.05) is 25.0 Å². The average molecular weight is 184 g/mol. The molecule has 3 heteroatoms. The molecule has 2 bridgehead atoms. The Hall–Kier alpha value is -0.380. The van der Waals surface area contributed by atoms with Crippen molar-refractivity contribution in [3.63, 3.8) is 0 Å². The Labute approximate surface area is 78.0 Å². The first kappa shape index (κ1) is 9.19. The van der Waals surface area contributed by atoms with Crippen molar-refractivity contribution in [3.05, 3.63) is 12.2 Å². The minimum absolute atomic E-state index is 0.0208. The molecule has 74 valence electrons. The van der Waals surface area contributed by atoms with Crippen LogP contribution in [0.2, 0.25) is 0 Å². The Bertz CT molecular complexity index is 227. The molecule has 3 nitrogen and oxygen atoms in total. The zero-order valence-corrected chi connectivity index (χ0v) is 8.03. The lowest BCUT2D eigenvalue weighted by Gasteiger charge is -2.30. The van der Waals surface area contributed by atoms with Crippen LogP contribution < -0.4 is 0 Å². The summed E-state index contributed by atoms with van der Waals surface area (Å²) in [6, 6.07) is 0. The van der Waals surface area contributed by atoms with E-state index >= 15 is 0 Å². The molecule has 1 saturated heterocycles. The first-order chi connectivity index (χ1) is 6.06. The maximum absolute atomic E-state index is 9.24. The molecule has 2 aliphatic heterocycles. The number of rotatable bonds is 2. The van der Waals surface area contributed by atoms with Crippen molar-refractivity contribution in [2.45, 2.75) is 25.0 Å². The monoisotopic (exact) mass is 184 g/mol. The third kappa shape index (κ3) is 1.01. The second-order valence-electron chi connectivity index (χ2n) is 4.38.